The van der Waals surface area contributed by atoms with Crippen molar-refractivity contribution < 1.29 is 23.1 Å². The van der Waals surface area contributed by atoms with E-state index in [9.17, 15) is 18.0 Å². The summed E-state index contributed by atoms with van der Waals surface area (Å²) in [6.45, 7) is 0.419. The molecule has 0 spiro atoms. The van der Waals surface area contributed by atoms with Crippen molar-refractivity contribution in [2.24, 2.45) is 0 Å². The number of benzene rings is 1. The molecule has 162 valence electrons. The first kappa shape index (κ1) is 24.0. The van der Waals surface area contributed by atoms with Crippen LogP contribution in [0, 0.1) is 0 Å². The maximum Gasteiger partial charge on any atom is 0.304 e. The molecule has 0 aromatic heterocycles. The van der Waals surface area contributed by atoms with Gasteiger partial charge in [0.25, 0.3) is 5.91 Å². The molecule has 1 aliphatic carbocycles. The third-order valence-electron chi connectivity index (χ3n) is 4.82. The maximum atomic E-state index is 13.0. The number of rotatable bonds is 11. The minimum Gasteiger partial charge on any atom is -0.481 e. The average molecular weight is 461 g/mol. The highest BCUT2D eigenvalue weighted by molar-refractivity contribution is 8.76. The smallest absolute Gasteiger partial charge is 0.304 e. The van der Waals surface area contributed by atoms with Crippen LogP contribution in [0.4, 0.5) is 0 Å². The largest absolute Gasteiger partial charge is 0.481 e. The Labute approximate surface area is 180 Å². The van der Waals surface area contributed by atoms with E-state index in [4.69, 9.17) is 5.11 Å². The zero-order chi connectivity index (χ0) is 21.3. The second kappa shape index (κ2) is 11.8. The number of hydrogen-bond donors (Lipinski definition) is 2. The number of carboxylic acid groups (broad SMARTS) is 1. The highest BCUT2D eigenvalue weighted by Gasteiger charge is 2.29. The number of carboxylic acids is 1. The van der Waals surface area contributed by atoms with Gasteiger partial charge in [-0.25, -0.2) is 8.42 Å². The fraction of sp³-hybridized carbons (Fsp3) is 0.579. The minimum atomic E-state index is -3.64. The summed E-state index contributed by atoms with van der Waals surface area (Å²) in [5.41, 5.74) is 0.312. The van der Waals surface area contributed by atoms with Gasteiger partial charge in [-0.2, -0.15) is 4.31 Å². The van der Waals surface area contributed by atoms with Gasteiger partial charge in [-0.1, -0.05) is 46.9 Å². The van der Waals surface area contributed by atoms with E-state index in [1.54, 1.807) is 19.2 Å². The number of aliphatic carboxylic acids is 1. The van der Waals surface area contributed by atoms with Gasteiger partial charge in [0.1, 0.15) is 0 Å². The summed E-state index contributed by atoms with van der Waals surface area (Å²) < 4.78 is 27.4. The molecule has 0 radical (unpaired) electrons. The lowest BCUT2D eigenvalue weighted by Crippen LogP contribution is -2.38. The van der Waals surface area contributed by atoms with Crippen LogP contribution in [0.25, 0.3) is 0 Å². The Hall–Kier alpha value is -1.23. The van der Waals surface area contributed by atoms with Gasteiger partial charge in [0, 0.05) is 36.7 Å². The molecule has 0 aliphatic heterocycles. The van der Waals surface area contributed by atoms with Crippen LogP contribution >= 0.6 is 21.6 Å². The van der Waals surface area contributed by atoms with E-state index >= 15 is 0 Å². The van der Waals surface area contributed by atoms with Crippen LogP contribution in [0.15, 0.2) is 29.2 Å². The van der Waals surface area contributed by atoms with E-state index < -0.39 is 16.0 Å². The molecule has 0 saturated heterocycles. The molecule has 1 aromatic rings. The summed E-state index contributed by atoms with van der Waals surface area (Å²) in [6, 6.07) is 6.16. The second-order valence-electron chi connectivity index (χ2n) is 6.88. The van der Waals surface area contributed by atoms with Gasteiger partial charge in [-0.15, -0.1) is 0 Å². The summed E-state index contributed by atoms with van der Waals surface area (Å²) in [5.74, 6) is 0.00901. The molecule has 1 saturated carbocycles. The van der Waals surface area contributed by atoms with Gasteiger partial charge in [-0.3, -0.25) is 9.59 Å². The first-order valence-corrected chi connectivity index (χ1v) is 13.6. The lowest BCUT2D eigenvalue weighted by atomic mass is 9.96. The number of nitrogens with zero attached hydrogens (tertiary/aromatic N) is 1. The molecular weight excluding hydrogens is 432 g/mol. The van der Waals surface area contributed by atoms with Crippen molar-refractivity contribution >= 4 is 43.5 Å². The lowest BCUT2D eigenvalue weighted by Gasteiger charge is -2.30. The van der Waals surface area contributed by atoms with E-state index in [1.165, 1.54) is 38.0 Å². The number of nitrogens with one attached hydrogen (secondary N) is 1. The zero-order valence-electron chi connectivity index (χ0n) is 16.5. The Balaban J connectivity index is 1.89. The molecule has 10 heteroatoms. The molecule has 0 atom stereocenters. The normalized spacial score (nSPS) is 15.4. The monoisotopic (exact) mass is 460 g/mol. The van der Waals surface area contributed by atoms with Gasteiger partial charge >= 0.3 is 5.97 Å². The van der Waals surface area contributed by atoms with E-state index in [0.717, 1.165) is 32.1 Å². The molecule has 7 nitrogen and oxygen atoms in total. The number of carbonyl (C=O) groups is 2. The topological polar surface area (TPSA) is 104 Å². The minimum absolute atomic E-state index is 0.0156. The van der Waals surface area contributed by atoms with Gasteiger partial charge < -0.3 is 10.4 Å². The Morgan fingerprint density at radius 1 is 1.17 bits per heavy atom. The van der Waals surface area contributed by atoms with Crippen molar-refractivity contribution in [1.29, 1.82) is 0 Å². The van der Waals surface area contributed by atoms with Crippen molar-refractivity contribution in [3.8, 4) is 0 Å². The molecule has 0 bridgehead atoms. The van der Waals surface area contributed by atoms with Crippen LogP contribution < -0.4 is 5.32 Å². The number of sulfonamides is 1. The fourth-order valence-corrected chi connectivity index (χ4v) is 6.51. The first-order chi connectivity index (χ1) is 13.8. The summed E-state index contributed by atoms with van der Waals surface area (Å²) in [6.07, 6.45) is 5.09. The van der Waals surface area contributed by atoms with Crippen molar-refractivity contribution in [3.05, 3.63) is 29.8 Å². The van der Waals surface area contributed by atoms with Crippen LogP contribution in [-0.2, 0) is 14.8 Å². The van der Waals surface area contributed by atoms with Crippen molar-refractivity contribution in [1.82, 2.24) is 9.62 Å². The quantitative estimate of drug-likeness (QED) is 0.386. The van der Waals surface area contributed by atoms with Crippen LogP contribution in [0.2, 0.25) is 0 Å². The molecule has 2 rings (SSSR count). The fourth-order valence-electron chi connectivity index (χ4n) is 3.16. The van der Waals surface area contributed by atoms with Gasteiger partial charge in [0.15, 0.2) is 0 Å². The van der Waals surface area contributed by atoms with Crippen LogP contribution in [0.5, 0.6) is 0 Å². The molecule has 1 aromatic carbocycles. The molecule has 1 amide bonds. The second-order valence-corrected chi connectivity index (χ2v) is 11.6. The highest BCUT2D eigenvalue weighted by Crippen LogP contribution is 2.26. The van der Waals surface area contributed by atoms with Crippen molar-refractivity contribution in [2.45, 2.75) is 49.5 Å². The lowest BCUT2D eigenvalue weighted by molar-refractivity contribution is -0.136. The number of carbonyl (C=O) groups excluding carboxylic acids is 1. The molecule has 1 fully saturated rings. The third kappa shape index (κ3) is 7.51. The van der Waals surface area contributed by atoms with Gasteiger partial charge in [-0.05, 0) is 31.0 Å². The molecule has 0 heterocycles. The average Bonchev–Trinajstić information content (AvgIpc) is 2.72. The summed E-state index contributed by atoms with van der Waals surface area (Å²) in [4.78, 5) is 22.9. The van der Waals surface area contributed by atoms with Gasteiger partial charge in [0.2, 0.25) is 10.0 Å². The van der Waals surface area contributed by atoms with Crippen LogP contribution in [-0.4, -0.2) is 60.8 Å². The van der Waals surface area contributed by atoms with Crippen molar-refractivity contribution in [2.75, 3.05) is 25.1 Å². The number of amides is 1. The zero-order valence-corrected chi connectivity index (χ0v) is 19.0. The Bertz CT molecular complexity index is 795. The third-order valence-corrected chi connectivity index (χ3v) is 9.13. The summed E-state index contributed by atoms with van der Waals surface area (Å²) in [5, 5.41) is 11.3. The number of hydrogen-bond acceptors (Lipinski definition) is 6. The summed E-state index contributed by atoms with van der Waals surface area (Å²) >= 11 is 0. The summed E-state index contributed by atoms with van der Waals surface area (Å²) in [7, 11) is 0.930. The van der Waals surface area contributed by atoms with Crippen molar-refractivity contribution in [3.63, 3.8) is 0 Å². The Morgan fingerprint density at radius 2 is 1.86 bits per heavy atom. The van der Waals surface area contributed by atoms with E-state index in [2.05, 4.69) is 5.32 Å². The van der Waals surface area contributed by atoms with E-state index in [0.29, 0.717) is 23.6 Å². The van der Waals surface area contributed by atoms with Crippen LogP contribution in [0.1, 0.15) is 48.9 Å². The highest BCUT2D eigenvalue weighted by atomic mass is 33.1. The van der Waals surface area contributed by atoms with E-state index in [1.807, 2.05) is 0 Å². The van der Waals surface area contributed by atoms with Crippen LogP contribution in [0.3, 0.4) is 0 Å². The molecule has 29 heavy (non-hydrogen) atoms. The predicted octanol–water partition coefficient (Wildman–Crippen LogP) is 3.23. The molecule has 1 aliphatic rings. The van der Waals surface area contributed by atoms with Gasteiger partial charge in [0.05, 0.1) is 11.3 Å². The van der Waals surface area contributed by atoms with E-state index in [-0.39, 0.29) is 23.3 Å². The SMILES string of the molecule is CN(C1CCCCC1)S(=O)(=O)c1cccc(C(=O)NCCSSCCC(=O)O)c1. The molecular formula is C19H28N2O5S3. The Morgan fingerprint density at radius 3 is 2.55 bits per heavy atom. The Kier molecular flexibility index (Phi) is 9.81. The first-order valence-electron chi connectivity index (χ1n) is 9.65. The predicted molar refractivity (Wildman–Crippen MR) is 118 cm³/mol. The molecule has 2 N–H and O–H groups in total. The standard InChI is InChI=1S/C19H28N2O5S3/c1-21(16-7-3-2-4-8-16)29(25,26)17-9-5-6-15(14-17)19(24)20-11-13-28-27-12-10-18(22)23/h5-6,9,14,16H,2-4,7-8,10-13H2,1H3,(H,20,24)(H,22,23). The maximum absolute atomic E-state index is 13.0. The molecule has 0 unspecified atom stereocenters.